The molecule has 8 nitrogen and oxygen atoms in total. The van der Waals surface area contributed by atoms with Crippen LogP contribution in [0.3, 0.4) is 0 Å². The zero-order valence-electron chi connectivity index (χ0n) is 35.7. The van der Waals surface area contributed by atoms with Gasteiger partial charge < -0.3 is 20.3 Å². The number of likely N-dealkylation sites (N-methyl/N-ethyl adjacent to an activating group) is 1. The number of aliphatic carboxylic acids is 1. The minimum absolute atomic E-state index is 0.0149. The van der Waals surface area contributed by atoms with Crippen LogP contribution in [0.15, 0.2) is 41.5 Å². The lowest BCUT2D eigenvalue weighted by Crippen LogP contribution is -2.66. The van der Waals surface area contributed by atoms with E-state index in [1.165, 1.54) is 11.1 Å². The summed E-state index contributed by atoms with van der Waals surface area (Å²) in [5.74, 6) is 0.0727. The predicted molar refractivity (Wildman–Crippen MR) is 217 cm³/mol. The number of carbonyl (C=O) groups excluding carboxylic acids is 2. The maximum Gasteiger partial charge on any atom is 0.309 e. The van der Waals surface area contributed by atoms with E-state index in [4.69, 9.17) is 4.74 Å². The van der Waals surface area contributed by atoms with Gasteiger partial charge in [0.25, 0.3) is 0 Å². The summed E-state index contributed by atoms with van der Waals surface area (Å²) in [6, 6.07) is 10.5. The summed E-state index contributed by atoms with van der Waals surface area (Å²) in [5, 5.41) is 25.5. The molecule has 5 aliphatic rings. The third-order valence-electron chi connectivity index (χ3n) is 16.9. The summed E-state index contributed by atoms with van der Waals surface area (Å²) in [5.41, 5.74) is 1.72. The van der Waals surface area contributed by atoms with Gasteiger partial charge in [-0.2, -0.15) is 0 Å². The average molecular weight is 761 g/mol. The van der Waals surface area contributed by atoms with Gasteiger partial charge in [0.1, 0.15) is 6.10 Å². The second kappa shape index (κ2) is 15.0. The number of carboxylic acid groups (broad SMARTS) is 1. The molecule has 3 N–H and O–H groups in total. The zero-order valence-corrected chi connectivity index (χ0v) is 35.7. The molecule has 4 saturated carbocycles. The summed E-state index contributed by atoms with van der Waals surface area (Å²) in [6.07, 6.45) is 7.28. The number of carboxylic acids is 1. The van der Waals surface area contributed by atoms with E-state index in [1.54, 1.807) is 13.8 Å². The molecule has 1 aromatic rings. The van der Waals surface area contributed by atoms with Gasteiger partial charge in [0.15, 0.2) is 5.78 Å². The van der Waals surface area contributed by atoms with Crippen LogP contribution in [0.5, 0.6) is 0 Å². The molecule has 0 spiro atoms. The van der Waals surface area contributed by atoms with Gasteiger partial charge in [-0.1, -0.05) is 84.4 Å². The number of fused-ring (bicyclic) bond motifs is 7. The zero-order chi connectivity index (χ0) is 40.4. The van der Waals surface area contributed by atoms with Crippen molar-refractivity contribution in [2.45, 2.75) is 145 Å². The molecule has 0 saturated heterocycles. The number of nitrogens with zero attached hydrogens (tertiary/aromatic N) is 1. The number of nitrogens with one attached hydrogen (secondary N) is 1. The number of ether oxygens (including phenoxy) is 1. The predicted octanol–water partition coefficient (Wildman–Crippen LogP) is 8.46. The van der Waals surface area contributed by atoms with E-state index in [1.807, 2.05) is 13.1 Å². The van der Waals surface area contributed by atoms with E-state index in [-0.39, 0.29) is 51.8 Å². The molecule has 55 heavy (non-hydrogen) atoms. The Hall–Kier alpha value is -2.55. The Morgan fingerprint density at radius 3 is 2.27 bits per heavy atom. The first-order valence-corrected chi connectivity index (χ1v) is 21.5. The normalized spacial score (nSPS) is 36.2. The van der Waals surface area contributed by atoms with Gasteiger partial charge in [0.2, 0.25) is 0 Å². The van der Waals surface area contributed by atoms with Crippen molar-refractivity contribution in [2.24, 2.45) is 56.2 Å². The highest BCUT2D eigenvalue weighted by Gasteiger charge is 2.71. The number of Topliss-reactive ketones (excluding diaryl/α,β-unsaturated/α-hetero) is 1. The van der Waals surface area contributed by atoms with Gasteiger partial charge in [-0.15, -0.1) is 0 Å². The van der Waals surface area contributed by atoms with Gasteiger partial charge in [-0.3, -0.25) is 19.3 Å². The van der Waals surface area contributed by atoms with Gasteiger partial charge in [-0.05, 0) is 123 Å². The molecular weight excluding hydrogens is 689 g/mol. The van der Waals surface area contributed by atoms with Crippen LogP contribution < -0.4 is 5.32 Å². The molecule has 0 unspecified atom stereocenters. The highest BCUT2D eigenvalue weighted by molar-refractivity contribution is 6.00. The van der Waals surface area contributed by atoms with E-state index in [2.05, 4.69) is 82.9 Å². The number of hydrogen-bond donors (Lipinski definition) is 3. The van der Waals surface area contributed by atoms with Crippen LogP contribution in [0.2, 0.25) is 0 Å². The maximum absolute atomic E-state index is 14.3. The first-order chi connectivity index (χ1) is 25.7. The lowest BCUT2D eigenvalue weighted by atomic mass is 9.33. The van der Waals surface area contributed by atoms with Gasteiger partial charge in [0, 0.05) is 43.4 Å². The Bertz CT molecular complexity index is 1650. The number of ketones is 1. The van der Waals surface area contributed by atoms with Crippen LogP contribution >= 0.6 is 0 Å². The smallest absolute Gasteiger partial charge is 0.309 e. The third kappa shape index (κ3) is 6.96. The quantitative estimate of drug-likeness (QED) is 0.172. The molecule has 6 rings (SSSR count). The van der Waals surface area contributed by atoms with Crippen molar-refractivity contribution in [3.63, 3.8) is 0 Å². The lowest BCUT2D eigenvalue weighted by molar-refractivity contribution is -0.235. The van der Waals surface area contributed by atoms with Crippen molar-refractivity contribution in [3.05, 3.63) is 47.0 Å². The molecule has 1 aromatic carbocycles. The number of aliphatic hydroxyl groups excluding tert-OH is 1. The van der Waals surface area contributed by atoms with Crippen molar-refractivity contribution < 1.29 is 29.3 Å². The Morgan fingerprint density at radius 2 is 1.64 bits per heavy atom. The molecule has 306 valence electrons. The van der Waals surface area contributed by atoms with E-state index < -0.39 is 28.9 Å². The summed E-state index contributed by atoms with van der Waals surface area (Å²) < 4.78 is 6.19. The van der Waals surface area contributed by atoms with Crippen molar-refractivity contribution in [1.82, 2.24) is 10.2 Å². The molecule has 0 aromatic heterocycles. The van der Waals surface area contributed by atoms with Gasteiger partial charge >= 0.3 is 11.9 Å². The molecule has 9 atom stereocenters. The molecular formula is C47H72N2O6. The first kappa shape index (κ1) is 42.1. The number of rotatable bonds is 13. The monoisotopic (exact) mass is 761 g/mol. The Balaban J connectivity index is 1.28. The van der Waals surface area contributed by atoms with Gasteiger partial charge in [-0.25, -0.2) is 0 Å². The van der Waals surface area contributed by atoms with Crippen LogP contribution in [0.25, 0.3) is 0 Å². The van der Waals surface area contributed by atoms with Crippen LogP contribution in [0, 0.1) is 56.2 Å². The van der Waals surface area contributed by atoms with Crippen molar-refractivity contribution in [2.75, 3.05) is 26.7 Å². The highest BCUT2D eigenvalue weighted by atomic mass is 16.5. The number of esters is 1. The molecule has 5 aliphatic carbocycles. The van der Waals surface area contributed by atoms with E-state index in [0.717, 1.165) is 76.6 Å². The van der Waals surface area contributed by atoms with E-state index in [0.29, 0.717) is 24.8 Å². The maximum atomic E-state index is 14.3. The Labute approximate surface area is 331 Å². The highest BCUT2D eigenvalue weighted by Crippen LogP contribution is 2.77. The average Bonchev–Trinajstić information content (AvgIpc) is 3.42. The van der Waals surface area contributed by atoms with Crippen LogP contribution in [-0.4, -0.2) is 71.7 Å². The Kier molecular flexibility index (Phi) is 11.5. The standard InChI is InChI=1S/C47H72N2O6/c1-30(2)39-33(50)26-47(36(51)29-49(25-24-48-10)28-31-14-12-11-13-15-31)23-22-45(8)32(40(39)47)16-17-35-44(7)20-19-37(55-38(52)27-42(3,4)41(53)54)43(5,6)34(44)18-21-46(35,45)9/h11-15,30,32,34-37,48,51H,16-29H2,1-10H3,(H,53,54)/t32-,34+,35-,36+,37+,44+,45-,46-,47+/m1/s1. The molecule has 0 bridgehead atoms. The molecule has 0 aliphatic heterocycles. The fraction of sp³-hybridized carbons (Fsp3) is 0.766. The SMILES string of the molecule is CNCCN(Cc1ccccc1)C[C@H](O)[C@@]12CC[C@]3(C)[C@H](CC[C@@H]4[C@@]5(C)CC[C@H](OC(=O)CC(C)(C)C(=O)O)C(C)(C)[C@@H]5CC[C@]43C)C1=C(C(C)C)C(=O)C2. The first-order valence-electron chi connectivity index (χ1n) is 21.5. The number of hydrogen-bond acceptors (Lipinski definition) is 7. The minimum Gasteiger partial charge on any atom is -0.481 e. The fourth-order valence-corrected chi connectivity index (χ4v) is 13.7. The van der Waals surface area contributed by atoms with Crippen LogP contribution in [0.4, 0.5) is 0 Å². The molecule has 0 amide bonds. The van der Waals surface area contributed by atoms with Crippen LogP contribution in [-0.2, 0) is 25.7 Å². The summed E-state index contributed by atoms with van der Waals surface area (Å²) >= 11 is 0. The van der Waals surface area contributed by atoms with Gasteiger partial charge in [0.05, 0.1) is 17.9 Å². The number of allylic oxidation sites excluding steroid dienone is 1. The lowest BCUT2D eigenvalue weighted by Gasteiger charge is -2.72. The summed E-state index contributed by atoms with van der Waals surface area (Å²) in [6.45, 7) is 22.7. The van der Waals surface area contributed by atoms with Crippen molar-refractivity contribution >= 4 is 17.7 Å². The van der Waals surface area contributed by atoms with Crippen molar-refractivity contribution in [3.8, 4) is 0 Å². The fourth-order valence-electron chi connectivity index (χ4n) is 13.7. The summed E-state index contributed by atoms with van der Waals surface area (Å²) in [4.78, 5) is 41.5. The minimum atomic E-state index is -1.17. The summed E-state index contributed by atoms with van der Waals surface area (Å²) in [7, 11) is 1.97. The molecule has 0 radical (unpaired) electrons. The second-order valence-electron chi connectivity index (χ2n) is 20.9. The molecule has 8 heteroatoms. The number of aliphatic hydroxyl groups is 1. The largest absolute Gasteiger partial charge is 0.481 e. The third-order valence-corrected chi connectivity index (χ3v) is 16.9. The molecule has 0 heterocycles. The van der Waals surface area contributed by atoms with Crippen molar-refractivity contribution in [1.29, 1.82) is 0 Å². The van der Waals surface area contributed by atoms with E-state index in [9.17, 15) is 24.6 Å². The van der Waals surface area contributed by atoms with E-state index >= 15 is 0 Å². The molecule has 4 fully saturated rings. The number of carbonyl (C=O) groups is 3. The Morgan fingerprint density at radius 1 is 0.945 bits per heavy atom. The topological polar surface area (TPSA) is 116 Å². The number of benzene rings is 1. The van der Waals surface area contributed by atoms with Crippen LogP contribution in [0.1, 0.15) is 132 Å². The second-order valence-corrected chi connectivity index (χ2v) is 20.9.